The van der Waals surface area contributed by atoms with E-state index < -0.39 is 17.2 Å². The monoisotopic (exact) mass is 262 g/mol. The molecule has 0 amide bonds. The second-order valence-electron chi connectivity index (χ2n) is 3.70. The molecule has 2 rings (SSSR count). The summed E-state index contributed by atoms with van der Waals surface area (Å²) in [6.07, 6.45) is 1.42. The Hall–Kier alpha value is -2.75. The minimum Gasteiger partial charge on any atom is -0.292 e. The van der Waals surface area contributed by atoms with Gasteiger partial charge in [0.05, 0.1) is 5.69 Å². The van der Waals surface area contributed by atoms with Crippen LogP contribution in [-0.4, -0.2) is 9.97 Å². The van der Waals surface area contributed by atoms with Crippen molar-refractivity contribution in [3.8, 4) is 6.19 Å². The molecule has 96 valence electrons. The molecule has 0 fully saturated rings. The Balaban J connectivity index is 2.39. The van der Waals surface area contributed by atoms with Crippen molar-refractivity contribution in [1.29, 1.82) is 5.26 Å². The van der Waals surface area contributed by atoms with Crippen LogP contribution in [0.5, 0.6) is 0 Å². The van der Waals surface area contributed by atoms with Gasteiger partial charge in [-0.05, 0) is 12.1 Å². The first kappa shape index (κ1) is 12.7. The van der Waals surface area contributed by atoms with Gasteiger partial charge in [0.1, 0.15) is 11.6 Å². The molecule has 7 heteroatoms. The van der Waals surface area contributed by atoms with Crippen LogP contribution in [0.1, 0.15) is 11.3 Å². The molecule has 5 nitrogen and oxygen atoms in total. The maximum absolute atomic E-state index is 13.5. The minimum atomic E-state index is -0.711. The van der Waals surface area contributed by atoms with Crippen molar-refractivity contribution >= 4 is 5.95 Å². The summed E-state index contributed by atoms with van der Waals surface area (Å²) in [6.45, 7) is 0. The maximum atomic E-state index is 13.5. The molecule has 1 heterocycles. The summed E-state index contributed by atoms with van der Waals surface area (Å²) in [6, 6.07) is 4.62. The Labute approximate surface area is 106 Å². The molecule has 1 aromatic carbocycles. The number of anilines is 1. The zero-order chi connectivity index (χ0) is 13.8. The highest BCUT2D eigenvalue weighted by molar-refractivity contribution is 5.32. The van der Waals surface area contributed by atoms with E-state index in [1.807, 2.05) is 0 Å². The van der Waals surface area contributed by atoms with Gasteiger partial charge in [-0.3, -0.25) is 15.1 Å². The van der Waals surface area contributed by atoms with Crippen LogP contribution in [0.25, 0.3) is 0 Å². The van der Waals surface area contributed by atoms with E-state index in [0.717, 1.165) is 18.2 Å². The lowest BCUT2D eigenvalue weighted by atomic mass is 10.1. The molecule has 0 aliphatic rings. The number of nitriles is 1. The van der Waals surface area contributed by atoms with Gasteiger partial charge in [0, 0.05) is 18.1 Å². The first-order valence-corrected chi connectivity index (χ1v) is 5.28. The predicted octanol–water partition coefficient (Wildman–Crippen LogP) is 1.53. The van der Waals surface area contributed by atoms with Crippen molar-refractivity contribution in [2.75, 3.05) is 5.32 Å². The summed E-state index contributed by atoms with van der Waals surface area (Å²) in [5.41, 5.74) is -0.534. The Kier molecular flexibility index (Phi) is 3.52. The molecule has 0 saturated heterocycles. The highest BCUT2D eigenvalue weighted by Crippen LogP contribution is 2.15. The van der Waals surface area contributed by atoms with Crippen molar-refractivity contribution in [2.24, 2.45) is 0 Å². The Morgan fingerprint density at radius 1 is 1.37 bits per heavy atom. The molecular formula is C12H8F2N4O. The molecule has 0 aliphatic carbocycles. The lowest BCUT2D eigenvalue weighted by Crippen LogP contribution is -2.12. The Morgan fingerprint density at radius 3 is 2.68 bits per heavy atom. The largest absolute Gasteiger partial charge is 0.292 e. The number of nitrogens with one attached hydrogen (secondary N) is 2. The molecule has 2 N–H and O–H groups in total. The number of hydrogen-bond acceptors (Lipinski definition) is 4. The number of benzene rings is 1. The van der Waals surface area contributed by atoms with Crippen molar-refractivity contribution in [3.05, 3.63) is 57.5 Å². The van der Waals surface area contributed by atoms with E-state index in [4.69, 9.17) is 5.26 Å². The molecule has 2 aromatic rings. The number of halogens is 2. The summed E-state index contributed by atoms with van der Waals surface area (Å²) >= 11 is 0. The van der Waals surface area contributed by atoms with Crippen molar-refractivity contribution in [2.45, 2.75) is 6.42 Å². The van der Waals surface area contributed by atoms with E-state index in [1.165, 1.54) is 6.07 Å². The lowest BCUT2D eigenvalue weighted by molar-refractivity contribution is 0.560. The van der Waals surface area contributed by atoms with E-state index in [0.29, 0.717) is 0 Å². The molecule has 0 saturated carbocycles. The first-order chi connectivity index (χ1) is 9.10. The van der Waals surface area contributed by atoms with Crippen LogP contribution >= 0.6 is 0 Å². The third-order valence-corrected chi connectivity index (χ3v) is 2.39. The van der Waals surface area contributed by atoms with E-state index in [-0.39, 0.29) is 23.6 Å². The number of H-pyrrole nitrogens is 1. The summed E-state index contributed by atoms with van der Waals surface area (Å²) in [4.78, 5) is 17.5. The second kappa shape index (κ2) is 5.27. The molecule has 1 aromatic heterocycles. The van der Waals surface area contributed by atoms with E-state index >= 15 is 0 Å². The number of aromatic nitrogens is 2. The Morgan fingerprint density at radius 2 is 2.05 bits per heavy atom. The van der Waals surface area contributed by atoms with Gasteiger partial charge in [-0.1, -0.05) is 6.07 Å². The van der Waals surface area contributed by atoms with Gasteiger partial charge in [-0.15, -0.1) is 0 Å². The van der Waals surface area contributed by atoms with Crippen molar-refractivity contribution in [3.63, 3.8) is 0 Å². The number of rotatable bonds is 3. The van der Waals surface area contributed by atoms with Crippen LogP contribution in [0, 0.1) is 23.1 Å². The molecule has 0 spiro atoms. The van der Waals surface area contributed by atoms with Crippen LogP contribution in [0.15, 0.2) is 29.1 Å². The number of hydrogen-bond donors (Lipinski definition) is 2. The highest BCUT2D eigenvalue weighted by Gasteiger charge is 2.11. The van der Waals surface area contributed by atoms with Gasteiger partial charge in [-0.2, -0.15) is 5.26 Å². The average Bonchev–Trinajstić information content (AvgIpc) is 2.34. The highest BCUT2D eigenvalue weighted by atomic mass is 19.1. The maximum Gasteiger partial charge on any atom is 0.252 e. The van der Waals surface area contributed by atoms with Gasteiger partial charge < -0.3 is 0 Å². The van der Waals surface area contributed by atoms with Gasteiger partial charge >= 0.3 is 0 Å². The molecule has 0 unspecified atom stereocenters. The van der Waals surface area contributed by atoms with E-state index in [1.54, 1.807) is 6.19 Å². The Bertz CT molecular complexity index is 685. The van der Waals surface area contributed by atoms with E-state index in [9.17, 15) is 13.6 Å². The van der Waals surface area contributed by atoms with Crippen LogP contribution in [0.2, 0.25) is 0 Å². The fourth-order valence-corrected chi connectivity index (χ4v) is 1.59. The lowest BCUT2D eigenvalue weighted by Gasteiger charge is -2.05. The number of aromatic amines is 1. The topological polar surface area (TPSA) is 81.6 Å². The van der Waals surface area contributed by atoms with Crippen molar-refractivity contribution < 1.29 is 8.78 Å². The summed E-state index contributed by atoms with van der Waals surface area (Å²) in [5, 5.41) is 10.6. The van der Waals surface area contributed by atoms with Gasteiger partial charge in [-0.25, -0.2) is 13.8 Å². The number of nitrogens with zero attached hydrogens (tertiary/aromatic N) is 2. The second-order valence-corrected chi connectivity index (χ2v) is 3.70. The average molecular weight is 262 g/mol. The SMILES string of the molecule is N#CNc1nc(Cc2c(F)cccc2F)cc(=O)[nH]1. The van der Waals surface area contributed by atoms with Crippen LogP contribution in [0.4, 0.5) is 14.7 Å². The summed E-state index contributed by atoms with van der Waals surface area (Å²) < 4.78 is 26.9. The third-order valence-electron chi connectivity index (χ3n) is 2.39. The molecule has 0 atom stereocenters. The summed E-state index contributed by atoms with van der Waals surface area (Å²) in [7, 11) is 0. The van der Waals surface area contributed by atoms with Gasteiger partial charge in [0.2, 0.25) is 5.95 Å². The molecule has 0 radical (unpaired) electrons. The fraction of sp³-hybridized carbons (Fsp3) is 0.0833. The fourth-order valence-electron chi connectivity index (χ4n) is 1.59. The third kappa shape index (κ3) is 2.93. The quantitative estimate of drug-likeness (QED) is 0.649. The normalized spacial score (nSPS) is 9.95. The molecule has 0 bridgehead atoms. The van der Waals surface area contributed by atoms with Crippen LogP contribution in [-0.2, 0) is 6.42 Å². The zero-order valence-corrected chi connectivity index (χ0v) is 9.58. The standard InChI is InChI=1S/C12H8F2N4O/c13-9-2-1-3-10(14)8(9)4-7-5-11(19)18-12(17-7)16-6-15/h1-3,5H,4H2,(H2,16,17,18,19). The van der Waals surface area contributed by atoms with Crippen molar-refractivity contribution in [1.82, 2.24) is 9.97 Å². The molecule has 0 aliphatic heterocycles. The summed E-state index contributed by atoms with van der Waals surface area (Å²) in [5.74, 6) is -1.49. The predicted molar refractivity (Wildman–Crippen MR) is 63.3 cm³/mol. The smallest absolute Gasteiger partial charge is 0.252 e. The van der Waals surface area contributed by atoms with Crippen LogP contribution < -0.4 is 10.9 Å². The minimum absolute atomic E-state index is 0.0678. The van der Waals surface area contributed by atoms with Gasteiger partial charge in [0.15, 0.2) is 6.19 Å². The van der Waals surface area contributed by atoms with Crippen LogP contribution in [0.3, 0.4) is 0 Å². The van der Waals surface area contributed by atoms with Gasteiger partial charge in [0.25, 0.3) is 5.56 Å². The first-order valence-electron chi connectivity index (χ1n) is 5.28. The molecular weight excluding hydrogens is 254 g/mol. The zero-order valence-electron chi connectivity index (χ0n) is 9.58. The van der Waals surface area contributed by atoms with E-state index in [2.05, 4.69) is 15.3 Å². The molecule has 19 heavy (non-hydrogen) atoms.